The average molecular weight is 235 g/mol. The fraction of sp³-hybridized carbons (Fsp3) is 0.500. The second-order valence-corrected chi connectivity index (χ2v) is 4.96. The number of hydrogen-bond donors (Lipinski definition) is 1. The molecule has 0 spiro atoms. The Morgan fingerprint density at radius 2 is 2.31 bits per heavy atom. The van der Waals surface area contributed by atoms with Gasteiger partial charge in [-0.3, -0.25) is 0 Å². The third-order valence-electron chi connectivity index (χ3n) is 2.62. The second kappa shape index (κ2) is 5.25. The molecule has 0 aromatic carbocycles. The number of nitrogens with one attached hydrogen (secondary N) is 1. The molecule has 2 rings (SSSR count). The number of hydrogen-bond acceptors (Lipinski definition) is 4. The first-order valence-electron chi connectivity index (χ1n) is 5.76. The maximum Gasteiger partial charge on any atom is 0.147 e. The summed E-state index contributed by atoms with van der Waals surface area (Å²) >= 11 is 1.69. The van der Waals surface area contributed by atoms with Crippen molar-refractivity contribution >= 4 is 27.4 Å². The van der Waals surface area contributed by atoms with Crippen molar-refractivity contribution in [1.29, 1.82) is 0 Å². The van der Waals surface area contributed by atoms with E-state index in [1.165, 1.54) is 19.3 Å². The molecule has 0 amide bonds. The molecule has 0 aliphatic heterocycles. The van der Waals surface area contributed by atoms with Crippen LogP contribution in [0.1, 0.15) is 33.1 Å². The predicted octanol–water partition coefficient (Wildman–Crippen LogP) is 3.68. The monoisotopic (exact) mass is 235 g/mol. The van der Waals surface area contributed by atoms with Crippen LogP contribution in [0.4, 0.5) is 5.82 Å². The summed E-state index contributed by atoms with van der Waals surface area (Å²) < 4.78 is 1.16. The summed E-state index contributed by atoms with van der Waals surface area (Å²) in [4.78, 5) is 8.55. The molecule has 4 heteroatoms. The van der Waals surface area contributed by atoms with Gasteiger partial charge >= 0.3 is 0 Å². The van der Waals surface area contributed by atoms with Gasteiger partial charge in [-0.2, -0.15) is 0 Å². The van der Waals surface area contributed by atoms with Gasteiger partial charge in [0.1, 0.15) is 12.1 Å². The number of rotatable bonds is 5. The lowest BCUT2D eigenvalue weighted by Gasteiger charge is -2.14. The molecule has 0 saturated carbocycles. The van der Waals surface area contributed by atoms with Crippen molar-refractivity contribution in [3.05, 3.63) is 17.8 Å². The Kier molecular flexibility index (Phi) is 3.72. The minimum absolute atomic E-state index is 0.472. The zero-order chi connectivity index (χ0) is 11.4. The van der Waals surface area contributed by atoms with E-state index in [0.29, 0.717) is 6.04 Å². The van der Waals surface area contributed by atoms with E-state index in [9.17, 15) is 0 Å². The fourth-order valence-corrected chi connectivity index (χ4v) is 2.51. The number of thiophene rings is 1. The largest absolute Gasteiger partial charge is 0.366 e. The zero-order valence-corrected chi connectivity index (χ0v) is 10.5. The quantitative estimate of drug-likeness (QED) is 0.859. The molecular weight excluding hydrogens is 218 g/mol. The van der Waals surface area contributed by atoms with Gasteiger partial charge in [0.15, 0.2) is 0 Å². The maximum atomic E-state index is 4.32. The highest BCUT2D eigenvalue weighted by molar-refractivity contribution is 7.17. The van der Waals surface area contributed by atoms with Crippen molar-refractivity contribution in [3.8, 4) is 0 Å². The Hall–Kier alpha value is -1.16. The normalized spacial score (nSPS) is 12.9. The molecule has 16 heavy (non-hydrogen) atoms. The highest BCUT2D eigenvalue weighted by Crippen LogP contribution is 2.25. The molecule has 0 fully saturated rings. The van der Waals surface area contributed by atoms with Crippen molar-refractivity contribution in [2.24, 2.45) is 0 Å². The van der Waals surface area contributed by atoms with E-state index in [-0.39, 0.29) is 0 Å². The molecule has 0 aliphatic rings. The molecule has 0 bridgehead atoms. The van der Waals surface area contributed by atoms with Crippen LogP contribution in [0.25, 0.3) is 10.2 Å². The minimum atomic E-state index is 0.472. The van der Waals surface area contributed by atoms with Gasteiger partial charge in [-0.05, 0) is 24.8 Å². The van der Waals surface area contributed by atoms with Crippen LogP contribution in [0.15, 0.2) is 17.8 Å². The van der Waals surface area contributed by atoms with E-state index in [1.54, 1.807) is 17.7 Å². The van der Waals surface area contributed by atoms with Crippen LogP contribution in [0.5, 0.6) is 0 Å². The first-order chi connectivity index (χ1) is 7.81. The van der Waals surface area contributed by atoms with E-state index in [4.69, 9.17) is 0 Å². The van der Waals surface area contributed by atoms with Gasteiger partial charge in [0.05, 0.1) is 10.2 Å². The molecule has 1 atom stereocenters. The van der Waals surface area contributed by atoms with Gasteiger partial charge in [0, 0.05) is 6.04 Å². The molecule has 0 saturated heterocycles. The maximum absolute atomic E-state index is 4.32. The van der Waals surface area contributed by atoms with E-state index in [0.717, 1.165) is 16.0 Å². The lowest BCUT2D eigenvalue weighted by molar-refractivity contribution is 0.644. The molecule has 0 aliphatic carbocycles. The minimum Gasteiger partial charge on any atom is -0.366 e. The number of aromatic nitrogens is 2. The fourth-order valence-electron chi connectivity index (χ4n) is 1.71. The van der Waals surface area contributed by atoms with E-state index < -0.39 is 0 Å². The summed E-state index contributed by atoms with van der Waals surface area (Å²) in [5.41, 5.74) is 1.03. The summed E-state index contributed by atoms with van der Waals surface area (Å²) in [6.07, 6.45) is 5.31. The van der Waals surface area contributed by atoms with Crippen LogP contribution in [-0.4, -0.2) is 16.0 Å². The highest BCUT2D eigenvalue weighted by atomic mass is 32.1. The summed E-state index contributed by atoms with van der Waals surface area (Å²) in [6, 6.07) is 2.50. The molecule has 0 radical (unpaired) electrons. The molecular formula is C12H17N3S. The summed E-state index contributed by atoms with van der Waals surface area (Å²) in [5, 5.41) is 5.52. The SMILES string of the molecule is CCCCC(C)Nc1ncnc2ccsc12. The lowest BCUT2D eigenvalue weighted by atomic mass is 10.1. The van der Waals surface area contributed by atoms with Crippen LogP contribution < -0.4 is 5.32 Å². The van der Waals surface area contributed by atoms with Crippen LogP contribution in [0, 0.1) is 0 Å². The van der Waals surface area contributed by atoms with Crippen LogP contribution in [-0.2, 0) is 0 Å². The van der Waals surface area contributed by atoms with Crippen molar-refractivity contribution in [3.63, 3.8) is 0 Å². The molecule has 3 nitrogen and oxygen atoms in total. The van der Waals surface area contributed by atoms with E-state index >= 15 is 0 Å². The number of unbranched alkanes of at least 4 members (excludes halogenated alkanes) is 1. The first-order valence-corrected chi connectivity index (χ1v) is 6.64. The highest BCUT2D eigenvalue weighted by Gasteiger charge is 2.07. The summed E-state index contributed by atoms with van der Waals surface area (Å²) in [5.74, 6) is 0.976. The Morgan fingerprint density at radius 3 is 3.12 bits per heavy atom. The van der Waals surface area contributed by atoms with E-state index in [1.807, 2.05) is 6.07 Å². The Labute approximate surface area is 99.9 Å². The predicted molar refractivity (Wildman–Crippen MR) is 70.0 cm³/mol. The molecule has 1 unspecified atom stereocenters. The van der Waals surface area contributed by atoms with Gasteiger partial charge in [0.25, 0.3) is 0 Å². The van der Waals surface area contributed by atoms with Crippen molar-refractivity contribution in [1.82, 2.24) is 9.97 Å². The zero-order valence-electron chi connectivity index (χ0n) is 9.73. The smallest absolute Gasteiger partial charge is 0.147 e. The van der Waals surface area contributed by atoms with E-state index in [2.05, 4.69) is 34.5 Å². The van der Waals surface area contributed by atoms with Gasteiger partial charge in [0.2, 0.25) is 0 Å². The lowest BCUT2D eigenvalue weighted by Crippen LogP contribution is -2.15. The molecule has 86 valence electrons. The molecule has 2 aromatic rings. The van der Waals surface area contributed by atoms with Crippen LogP contribution in [0.3, 0.4) is 0 Å². The van der Waals surface area contributed by atoms with Crippen LogP contribution >= 0.6 is 11.3 Å². The van der Waals surface area contributed by atoms with Gasteiger partial charge in [-0.1, -0.05) is 19.8 Å². The average Bonchev–Trinajstić information content (AvgIpc) is 2.75. The van der Waals surface area contributed by atoms with Crippen LogP contribution in [0.2, 0.25) is 0 Å². The van der Waals surface area contributed by atoms with Crippen molar-refractivity contribution < 1.29 is 0 Å². The molecule has 2 aromatic heterocycles. The third-order valence-corrected chi connectivity index (χ3v) is 3.53. The number of nitrogens with zero attached hydrogens (tertiary/aromatic N) is 2. The Balaban J connectivity index is 2.11. The van der Waals surface area contributed by atoms with Gasteiger partial charge in [-0.15, -0.1) is 11.3 Å². The number of fused-ring (bicyclic) bond motifs is 1. The Bertz CT molecular complexity index is 452. The summed E-state index contributed by atoms with van der Waals surface area (Å²) in [6.45, 7) is 4.42. The second-order valence-electron chi connectivity index (χ2n) is 4.04. The molecule has 1 N–H and O–H groups in total. The van der Waals surface area contributed by atoms with Crippen molar-refractivity contribution in [2.45, 2.75) is 39.2 Å². The molecule has 2 heterocycles. The number of anilines is 1. The summed E-state index contributed by atoms with van der Waals surface area (Å²) in [7, 11) is 0. The standard InChI is InChI=1S/C12H17N3S/c1-3-4-5-9(2)15-12-11-10(6-7-16-11)13-8-14-12/h6-9H,3-5H2,1-2H3,(H,13,14,15). The first kappa shape index (κ1) is 11.3. The van der Waals surface area contributed by atoms with Crippen molar-refractivity contribution in [2.75, 3.05) is 5.32 Å². The van der Waals surface area contributed by atoms with Gasteiger partial charge < -0.3 is 5.32 Å². The van der Waals surface area contributed by atoms with Gasteiger partial charge in [-0.25, -0.2) is 9.97 Å². The third kappa shape index (κ3) is 2.50. The topological polar surface area (TPSA) is 37.8 Å². The Morgan fingerprint density at radius 1 is 1.44 bits per heavy atom.